The third kappa shape index (κ3) is 1.71. The van der Waals surface area contributed by atoms with E-state index in [0.717, 1.165) is 12.8 Å². The minimum atomic E-state index is -0.352. The molecule has 0 aromatic heterocycles. The zero-order valence-corrected chi connectivity index (χ0v) is 11.6. The van der Waals surface area contributed by atoms with Gasteiger partial charge in [-0.15, -0.1) is 0 Å². The van der Waals surface area contributed by atoms with E-state index >= 15 is 0 Å². The third-order valence-electron chi connectivity index (χ3n) is 6.23. The summed E-state index contributed by atoms with van der Waals surface area (Å²) >= 11 is 0. The van der Waals surface area contributed by atoms with Crippen molar-refractivity contribution in [1.82, 2.24) is 0 Å². The molecule has 2 atom stereocenters. The maximum atomic E-state index is 11.5. The summed E-state index contributed by atoms with van der Waals surface area (Å²) in [4.78, 5) is 0. The molecule has 102 valence electrons. The number of aliphatic hydroxyl groups is 1. The van der Waals surface area contributed by atoms with E-state index in [1.807, 2.05) is 0 Å². The average molecular weight is 256 g/mol. The summed E-state index contributed by atoms with van der Waals surface area (Å²) in [6, 6.07) is 8.88. The molecule has 1 N–H and O–H groups in total. The van der Waals surface area contributed by atoms with Crippen LogP contribution in [0.4, 0.5) is 0 Å². The number of fused-ring (bicyclic) bond motifs is 3. The van der Waals surface area contributed by atoms with Gasteiger partial charge in [0.05, 0.1) is 5.60 Å². The first-order valence-electron chi connectivity index (χ1n) is 8.07. The van der Waals surface area contributed by atoms with Gasteiger partial charge < -0.3 is 5.11 Å². The van der Waals surface area contributed by atoms with Crippen LogP contribution in [0.5, 0.6) is 0 Å². The summed E-state index contributed by atoms with van der Waals surface area (Å²) < 4.78 is 0. The Morgan fingerprint density at radius 2 is 1.32 bits per heavy atom. The van der Waals surface area contributed by atoms with Crippen molar-refractivity contribution in [2.45, 2.75) is 57.0 Å². The van der Waals surface area contributed by atoms with Crippen molar-refractivity contribution in [2.75, 3.05) is 0 Å². The summed E-state index contributed by atoms with van der Waals surface area (Å²) in [6.07, 6.45) is 9.90. The van der Waals surface area contributed by atoms with Crippen LogP contribution < -0.4 is 0 Å². The van der Waals surface area contributed by atoms with Gasteiger partial charge in [-0.3, -0.25) is 0 Å². The second-order valence-corrected chi connectivity index (χ2v) is 7.02. The Bertz CT molecular complexity index is 439. The molecule has 0 saturated heterocycles. The van der Waals surface area contributed by atoms with E-state index in [9.17, 15) is 5.11 Å². The molecule has 3 aliphatic rings. The van der Waals surface area contributed by atoms with Gasteiger partial charge in [0.25, 0.3) is 0 Å². The maximum Gasteiger partial charge on any atom is 0.0738 e. The Morgan fingerprint density at radius 3 is 1.84 bits per heavy atom. The van der Waals surface area contributed by atoms with E-state index in [-0.39, 0.29) is 5.60 Å². The van der Waals surface area contributed by atoms with Gasteiger partial charge in [-0.25, -0.2) is 0 Å². The highest BCUT2D eigenvalue weighted by Gasteiger charge is 2.54. The van der Waals surface area contributed by atoms with Crippen LogP contribution in [0, 0.1) is 17.8 Å². The van der Waals surface area contributed by atoms with E-state index < -0.39 is 0 Å². The van der Waals surface area contributed by atoms with Gasteiger partial charge in [0.1, 0.15) is 0 Å². The van der Waals surface area contributed by atoms with Gasteiger partial charge in [0.15, 0.2) is 0 Å². The zero-order chi connectivity index (χ0) is 12.9. The van der Waals surface area contributed by atoms with Gasteiger partial charge in [-0.05, 0) is 67.4 Å². The molecule has 3 aliphatic carbocycles. The number of rotatable bonds is 1. The molecule has 2 saturated carbocycles. The summed E-state index contributed by atoms with van der Waals surface area (Å²) in [5.74, 6) is 1.62. The van der Waals surface area contributed by atoms with Crippen molar-refractivity contribution in [2.24, 2.45) is 17.8 Å². The lowest BCUT2D eigenvalue weighted by molar-refractivity contribution is -0.0821. The molecular weight excluding hydrogens is 232 g/mol. The Kier molecular flexibility index (Phi) is 2.73. The van der Waals surface area contributed by atoms with E-state index in [1.54, 1.807) is 0 Å². The van der Waals surface area contributed by atoms with Crippen LogP contribution in [0.25, 0.3) is 0 Å². The van der Waals surface area contributed by atoms with Crippen molar-refractivity contribution in [3.05, 3.63) is 35.4 Å². The number of benzene rings is 1. The highest BCUT2D eigenvalue weighted by molar-refractivity contribution is 5.32. The van der Waals surface area contributed by atoms with Crippen LogP contribution in [-0.4, -0.2) is 10.7 Å². The van der Waals surface area contributed by atoms with E-state index in [0.29, 0.717) is 17.8 Å². The minimum absolute atomic E-state index is 0.352. The Balaban J connectivity index is 1.73. The fourth-order valence-electron chi connectivity index (χ4n) is 5.27. The molecule has 0 spiro atoms. The van der Waals surface area contributed by atoms with Crippen LogP contribution in [0.15, 0.2) is 24.3 Å². The van der Waals surface area contributed by atoms with Crippen molar-refractivity contribution in [3.63, 3.8) is 0 Å². The lowest BCUT2D eigenvalue weighted by Crippen LogP contribution is -2.46. The molecule has 0 aliphatic heterocycles. The van der Waals surface area contributed by atoms with Crippen LogP contribution in [0.2, 0.25) is 0 Å². The van der Waals surface area contributed by atoms with Crippen molar-refractivity contribution in [3.8, 4) is 0 Å². The molecule has 1 aromatic carbocycles. The molecule has 19 heavy (non-hydrogen) atoms. The van der Waals surface area contributed by atoms with Gasteiger partial charge >= 0.3 is 0 Å². The first-order chi connectivity index (χ1) is 9.28. The Hall–Kier alpha value is -0.820. The molecule has 0 heterocycles. The standard InChI is InChI=1S/C18H24O/c19-18(15-7-3-4-8-15)16-9-10-17(18)12-14-6-2-1-5-13(14)11-16/h1-2,5-6,15-17,19H,3-4,7-12H2. The molecule has 1 aromatic rings. The maximum absolute atomic E-state index is 11.5. The summed E-state index contributed by atoms with van der Waals surface area (Å²) in [7, 11) is 0. The molecule has 2 bridgehead atoms. The Morgan fingerprint density at radius 1 is 0.789 bits per heavy atom. The molecular formula is C18H24O. The predicted octanol–water partition coefficient (Wildman–Crippen LogP) is 3.73. The summed E-state index contributed by atoms with van der Waals surface area (Å²) in [5.41, 5.74) is 2.66. The van der Waals surface area contributed by atoms with Gasteiger partial charge in [0, 0.05) is 0 Å². The van der Waals surface area contributed by atoms with Crippen molar-refractivity contribution in [1.29, 1.82) is 0 Å². The molecule has 2 unspecified atom stereocenters. The summed E-state index contributed by atoms with van der Waals surface area (Å²) in [5, 5.41) is 11.5. The van der Waals surface area contributed by atoms with Crippen LogP contribution in [0.3, 0.4) is 0 Å². The SMILES string of the molecule is OC1(C2CCCC2)C2CCC1Cc1ccccc1C2. The van der Waals surface area contributed by atoms with E-state index in [1.165, 1.54) is 49.7 Å². The van der Waals surface area contributed by atoms with Crippen molar-refractivity contribution < 1.29 is 5.11 Å². The second-order valence-electron chi connectivity index (χ2n) is 7.02. The third-order valence-corrected chi connectivity index (χ3v) is 6.23. The molecule has 0 radical (unpaired) electrons. The minimum Gasteiger partial charge on any atom is -0.389 e. The largest absolute Gasteiger partial charge is 0.389 e. The monoisotopic (exact) mass is 256 g/mol. The molecule has 1 heteroatoms. The highest BCUT2D eigenvalue weighted by atomic mass is 16.3. The van der Waals surface area contributed by atoms with Crippen LogP contribution in [0.1, 0.15) is 49.7 Å². The fraction of sp³-hybridized carbons (Fsp3) is 0.667. The first kappa shape index (κ1) is 12.0. The van der Waals surface area contributed by atoms with Gasteiger partial charge in [-0.1, -0.05) is 37.1 Å². The van der Waals surface area contributed by atoms with Crippen LogP contribution in [-0.2, 0) is 12.8 Å². The zero-order valence-electron chi connectivity index (χ0n) is 11.6. The van der Waals surface area contributed by atoms with Crippen LogP contribution >= 0.6 is 0 Å². The lowest BCUT2D eigenvalue weighted by atomic mass is 9.72. The van der Waals surface area contributed by atoms with Crippen molar-refractivity contribution >= 4 is 0 Å². The molecule has 1 nitrogen and oxygen atoms in total. The highest BCUT2D eigenvalue weighted by Crippen LogP contribution is 2.54. The first-order valence-corrected chi connectivity index (χ1v) is 8.07. The smallest absolute Gasteiger partial charge is 0.0738 e. The molecule has 2 fully saturated rings. The van der Waals surface area contributed by atoms with Gasteiger partial charge in [-0.2, -0.15) is 0 Å². The normalized spacial score (nSPS) is 38.2. The topological polar surface area (TPSA) is 20.2 Å². The predicted molar refractivity (Wildman–Crippen MR) is 77.0 cm³/mol. The lowest BCUT2D eigenvalue weighted by Gasteiger charge is -2.39. The second kappa shape index (κ2) is 4.34. The number of hydrogen-bond acceptors (Lipinski definition) is 1. The average Bonchev–Trinajstić information content (AvgIpc) is 2.99. The van der Waals surface area contributed by atoms with E-state index in [4.69, 9.17) is 0 Å². The molecule has 4 rings (SSSR count). The summed E-state index contributed by atoms with van der Waals surface area (Å²) in [6.45, 7) is 0. The quantitative estimate of drug-likeness (QED) is 0.811. The number of hydrogen-bond donors (Lipinski definition) is 1. The fourth-order valence-corrected chi connectivity index (χ4v) is 5.27. The van der Waals surface area contributed by atoms with E-state index in [2.05, 4.69) is 24.3 Å². The van der Waals surface area contributed by atoms with Gasteiger partial charge in [0.2, 0.25) is 0 Å². The Labute approximate surface area is 116 Å². The molecule has 0 amide bonds.